The summed E-state index contributed by atoms with van der Waals surface area (Å²) in [4.78, 5) is 27.9. The van der Waals surface area contributed by atoms with Gasteiger partial charge in [0.2, 0.25) is 0 Å². The molecule has 0 saturated heterocycles. The van der Waals surface area contributed by atoms with E-state index in [2.05, 4.69) is 0 Å². The molecule has 0 spiro atoms. The summed E-state index contributed by atoms with van der Waals surface area (Å²) in [6.07, 6.45) is 0. The van der Waals surface area contributed by atoms with Gasteiger partial charge in [-0.1, -0.05) is 24.3 Å². The average molecular weight is 579 g/mol. The van der Waals surface area contributed by atoms with Crippen LogP contribution in [0.25, 0.3) is 30.6 Å². The zero-order valence-corrected chi connectivity index (χ0v) is 23.6. The predicted octanol–water partition coefficient (Wildman–Crippen LogP) is 6.71. The van der Waals surface area contributed by atoms with E-state index in [0.717, 1.165) is 30.6 Å². The summed E-state index contributed by atoms with van der Waals surface area (Å²) in [7, 11) is 0. The maximum atomic E-state index is 12.1. The molecule has 6 rings (SSSR count). The molecule has 0 fully saturated rings. The van der Waals surface area contributed by atoms with Crippen molar-refractivity contribution in [1.82, 2.24) is 0 Å². The SMILES string of the molecule is CCOC(=O)c1ccc(-c2sc(-c3sc(-c4ccc(C(=O)OCC)cc4)c4c3OCCO4)c3c2OCCO3)cc1. The first-order valence-electron chi connectivity index (χ1n) is 13.0. The van der Waals surface area contributed by atoms with Crippen LogP contribution in [0.1, 0.15) is 34.6 Å². The number of carbonyl (C=O) groups excluding carboxylic acids is 2. The monoisotopic (exact) mass is 578 g/mol. The fraction of sp³-hybridized carbons (Fsp3) is 0.267. The molecule has 0 aliphatic carbocycles. The van der Waals surface area contributed by atoms with Gasteiger partial charge in [-0.25, -0.2) is 9.59 Å². The van der Waals surface area contributed by atoms with Gasteiger partial charge in [-0.3, -0.25) is 0 Å². The van der Waals surface area contributed by atoms with Crippen LogP contribution in [0.4, 0.5) is 0 Å². The molecular formula is C30H26O8S2. The summed E-state index contributed by atoms with van der Waals surface area (Å²) in [5.74, 6) is 1.98. The molecule has 0 saturated carbocycles. The van der Waals surface area contributed by atoms with Gasteiger partial charge in [-0.15, -0.1) is 22.7 Å². The maximum Gasteiger partial charge on any atom is 0.338 e. The predicted molar refractivity (Wildman–Crippen MR) is 152 cm³/mol. The molecule has 40 heavy (non-hydrogen) atoms. The van der Waals surface area contributed by atoms with Crippen molar-refractivity contribution in [3.63, 3.8) is 0 Å². The fourth-order valence-electron chi connectivity index (χ4n) is 4.52. The molecule has 10 heteroatoms. The fourth-order valence-corrected chi connectivity index (χ4v) is 7.04. The number of benzene rings is 2. The molecule has 0 atom stereocenters. The van der Waals surface area contributed by atoms with Gasteiger partial charge in [0, 0.05) is 0 Å². The zero-order valence-electron chi connectivity index (χ0n) is 21.9. The molecule has 8 nitrogen and oxygen atoms in total. The second-order valence-corrected chi connectivity index (χ2v) is 10.9. The molecule has 2 aliphatic rings. The van der Waals surface area contributed by atoms with Crippen LogP contribution >= 0.6 is 22.7 Å². The van der Waals surface area contributed by atoms with Crippen molar-refractivity contribution in [1.29, 1.82) is 0 Å². The van der Waals surface area contributed by atoms with Crippen molar-refractivity contribution < 1.29 is 38.0 Å². The molecule has 4 heterocycles. The summed E-state index contributed by atoms with van der Waals surface area (Å²) >= 11 is 3.09. The van der Waals surface area contributed by atoms with Crippen molar-refractivity contribution in [3.05, 3.63) is 59.7 Å². The summed E-state index contributed by atoms with van der Waals surface area (Å²) in [5, 5.41) is 0. The third-order valence-electron chi connectivity index (χ3n) is 6.32. The number of fused-ring (bicyclic) bond motifs is 2. The van der Waals surface area contributed by atoms with Crippen LogP contribution in [-0.4, -0.2) is 51.6 Å². The van der Waals surface area contributed by atoms with Crippen LogP contribution < -0.4 is 18.9 Å². The van der Waals surface area contributed by atoms with Gasteiger partial charge in [0.05, 0.1) is 43.8 Å². The Morgan fingerprint density at radius 3 is 1.23 bits per heavy atom. The van der Waals surface area contributed by atoms with Crippen LogP contribution in [0.15, 0.2) is 48.5 Å². The highest BCUT2D eigenvalue weighted by Gasteiger charge is 2.33. The number of ether oxygens (including phenoxy) is 6. The molecule has 0 radical (unpaired) electrons. The Morgan fingerprint density at radius 1 is 0.575 bits per heavy atom. The second-order valence-electron chi connectivity index (χ2n) is 8.83. The smallest absolute Gasteiger partial charge is 0.338 e. The van der Waals surface area contributed by atoms with Crippen LogP contribution in [0.3, 0.4) is 0 Å². The molecule has 4 aromatic rings. The van der Waals surface area contributed by atoms with E-state index in [4.69, 9.17) is 28.4 Å². The van der Waals surface area contributed by atoms with Crippen molar-refractivity contribution in [2.45, 2.75) is 13.8 Å². The molecule has 0 N–H and O–H groups in total. The lowest BCUT2D eigenvalue weighted by atomic mass is 10.1. The highest BCUT2D eigenvalue weighted by Crippen LogP contribution is 2.61. The van der Waals surface area contributed by atoms with Crippen LogP contribution in [0, 0.1) is 0 Å². The summed E-state index contributed by atoms with van der Waals surface area (Å²) < 4.78 is 34.7. The molecule has 2 aromatic carbocycles. The topological polar surface area (TPSA) is 89.5 Å². The minimum Gasteiger partial charge on any atom is -0.485 e. The molecule has 0 amide bonds. The van der Waals surface area contributed by atoms with Gasteiger partial charge >= 0.3 is 11.9 Å². The van der Waals surface area contributed by atoms with Crippen molar-refractivity contribution in [2.24, 2.45) is 0 Å². The van der Waals surface area contributed by atoms with E-state index in [9.17, 15) is 9.59 Å². The second kappa shape index (κ2) is 11.2. The average Bonchev–Trinajstić information content (AvgIpc) is 3.57. The third kappa shape index (κ3) is 4.77. The maximum absolute atomic E-state index is 12.1. The molecule has 0 unspecified atom stereocenters. The van der Waals surface area contributed by atoms with Gasteiger partial charge in [0.15, 0.2) is 23.0 Å². The summed E-state index contributed by atoms with van der Waals surface area (Å²) in [6.45, 7) is 5.96. The number of esters is 2. The highest BCUT2D eigenvalue weighted by atomic mass is 32.1. The first-order valence-corrected chi connectivity index (χ1v) is 14.6. The summed E-state index contributed by atoms with van der Waals surface area (Å²) in [5.41, 5.74) is 2.79. The number of hydrogen-bond acceptors (Lipinski definition) is 10. The number of rotatable bonds is 7. The third-order valence-corrected chi connectivity index (χ3v) is 8.89. The van der Waals surface area contributed by atoms with Crippen LogP contribution in [-0.2, 0) is 9.47 Å². The molecule has 2 aliphatic heterocycles. The number of thiophene rings is 2. The van der Waals surface area contributed by atoms with E-state index in [1.54, 1.807) is 60.8 Å². The Morgan fingerprint density at radius 2 is 0.900 bits per heavy atom. The highest BCUT2D eigenvalue weighted by molar-refractivity contribution is 7.26. The van der Waals surface area contributed by atoms with Gasteiger partial charge in [0.1, 0.15) is 26.4 Å². The lowest BCUT2D eigenvalue weighted by Gasteiger charge is -2.19. The van der Waals surface area contributed by atoms with Crippen LogP contribution in [0.5, 0.6) is 23.0 Å². The van der Waals surface area contributed by atoms with Gasteiger partial charge in [-0.05, 0) is 49.2 Å². The molecular weight excluding hydrogens is 552 g/mol. The van der Waals surface area contributed by atoms with E-state index < -0.39 is 0 Å². The first-order chi connectivity index (χ1) is 19.6. The van der Waals surface area contributed by atoms with Crippen molar-refractivity contribution >= 4 is 34.6 Å². The Balaban J connectivity index is 1.41. The molecule has 2 aromatic heterocycles. The number of carbonyl (C=O) groups is 2. The van der Waals surface area contributed by atoms with E-state index in [1.165, 1.54) is 0 Å². The van der Waals surface area contributed by atoms with E-state index in [1.807, 2.05) is 24.3 Å². The van der Waals surface area contributed by atoms with Crippen molar-refractivity contribution in [3.8, 4) is 53.6 Å². The van der Waals surface area contributed by atoms with Crippen LogP contribution in [0.2, 0.25) is 0 Å². The van der Waals surface area contributed by atoms with E-state index in [-0.39, 0.29) is 11.9 Å². The van der Waals surface area contributed by atoms with Gasteiger partial charge < -0.3 is 28.4 Å². The molecule has 0 bridgehead atoms. The van der Waals surface area contributed by atoms with Crippen molar-refractivity contribution in [2.75, 3.05) is 39.6 Å². The quantitative estimate of drug-likeness (QED) is 0.224. The largest absolute Gasteiger partial charge is 0.485 e. The summed E-state index contributed by atoms with van der Waals surface area (Å²) in [6, 6.07) is 14.6. The lowest BCUT2D eigenvalue weighted by molar-refractivity contribution is 0.0517. The van der Waals surface area contributed by atoms with Gasteiger partial charge in [-0.2, -0.15) is 0 Å². The zero-order chi connectivity index (χ0) is 27.6. The minimum atomic E-state index is -0.354. The Bertz CT molecular complexity index is 1430. The number of hydrogen-bond donors (Lipinski definition) is 0. The normalized spacial score (nSPS) is 13.6. The van der Waals surface area contributed by atoms with E-state index >= 15 is 0 Å². The Labute approximate surface area is 239 Å². The van der Waals surface area contributed by atoms with E-state index in [0.29, 0.717) is 73.8 Å². The van der Waals surface area contributed by atoms with Gasteiger partial charge in [0.25, 0.3) is 0 Å². The Kier molecular flexibility index (Phi) is 7.36. The lowest BCUT2D eigenvalue weighted by Crippen LogP contribution is -2.15. The minimum absolute atomic E-state index is 0.321. The Hall–Kier alpha value is -4.02. The molecule has 206 valence electrons. The first kappa shape index (κ1) is 26.2. The standard InChI is InChI=1S/C30H26O8S2/c1-3-33-29(31)19-9-5-17(6-10-19)25-21-23(37-15-13-35-21)27(39-25)28-24-22(36-14-16-38-24)26(40-28)18-7-11-20(12-8-18)30(32)34-4-2/h5-12H,3-4,13-16H2,1-2H3.